The first-order valence-electron chi connectivity index (χ1n) is 8.10. The molecule has 2 rings (SSSR count). The van der Waals surface area contributed by atoms with Crippen molar-refractivity contribution in [2.24, 2.45) is 17.6 Å². The molecule has 2 N–H and O–H groups in total. The Bertz CT molecular complexity index is 390. The lowest BCUT2D eigenvalue weighted by Crippen LogP contribution is -2.45. The smallest absolute Gasteiger partial charge is 0.156 e. The fraction of sp³-hybridized carbons (Fsp3) is 1.00. The normalized spacial score (nSPS) is 33.2. The Labute approximate surface area is 123 Å². The van der Waals surface area contributed by atoms with Crippen LogP contribution >= 0.6 is 0 Å². The first-order valence-corrected chi connectivity index (χ1v) is 9.71. The molecule has 0 aromatic rings. The number of hydrogen-bond donors (Lipinski definition) is 1. The lowest BCUT2D eigenvalue weighted by Gasteiger charge is -2.38. The van der Waals surface area contributed by atoms with E-state index < -0.39 is 9.84 Å². The molecular weight excluding hydrogens is 274 g/mol. The number of rotatable bonds is 5. The van der Waals surface area contributed by atoms with Crippen LogP contribution in [0.1, 0.15) is 51.9 Å². The molecule has 0 spiro atoms. The minimum absolute atomic E-state index is 0.163. The van der Waals surface area contributed by atoms with E-state index >= 15 is 0 Å². The van der Waals surface area contributed by atoms with Gasteiger partial charge < -0.3 is 10.5 Å². The third-order valence-corrected chi connectivity index (χ3v) is 7.91. The number of hydrogen-bond acceptors (Lipinski definition) is 4. The first-order chi connectivity index (χ1) is 9.59. The standard InChI is InChI=1S/C15H29NO3S/c1-2-3-12-4-5-13(11-16)15(10-12)20(17,18)14-6-8-19-9-7-14/h12-15H,2-11,16H2,1H3. The predicted octanol–water partition coefficient (Wildman–Crippen LogP) is 2.12. The monoisotopic (exact) mass is 303 g/mol. The molecule has 1 heterocycles. The maximum absolute atomic E-state index is 12.9. The molecule has 0 radical (unpaired) electrons. The largest absolute Gasteiger partial charge is 0.381 e. The van der Waals surface area contributed by atoms with Gasteiger partial charge in [0.05, 0.1) is 10.5 Å². The highest BCUT2D eigenvalue weighted by Crippen LogP contribution is 2.37. The molecule has 0 aromatic carbocycles. The molecule has 1 aliphatic heterocycles. The van der Waals surface area contributed by atoms with Crippen LogP contribution in [0.25, 0.3) is 0 Å². The highest BCUT2D eigenvalue weighted by molar-refractivity contribution is 7.92. The van der Waals surface area contributed by atoms with Gasteiger partial charge in [-0.2, -0.15) is 0 Å². The Kier molecular flexibility index (Phi) is 5.87. The van der Waals surface area contributed by atoms with Gasteiger partial charge in [-0.25, -0.2) is 8.42 Å². The SMILES string of the molecule is CCCC1CCC(CN)C(S(=O)(=O)C2CCOCC2)C1. The summed E-state index contributed by atoms with van der Waals surface area (Å²) in [7, 11) is -3.06. The Morgan fingerprint density at radius 2 is 1.85 bits per heavy atom. The second-order valence-electron chi connectivity index (χ2n) is 6.40. The molecule has 2 aliphatic rings. The zero-order valence-corrected chi connectivity index (χ0v) is 13.4. The summed E-state index contributed by atoms with van der Waals surface area (Å²) in [4.78, 5) is 0. The van der Waals surface area contributed by atoms with E-state index in [1.165, 1.54) is 0 Å². The van der Waals surface area contributed by atoms with E-state index in [4.69, 9.17) is 10.5 Å². The summed E-state index contributed by atoms with van der Waals surface area (Å²) in [6, 6.07) is 0. The van der Waals surface area contributed by atoms with Gasteiger partial charge in [0.1, 0.15) is 0 Å². The molecule has 1 saturated carbocycles. The molecule has 3 atom stereocenters. The molecule has 0 bridgehead atoms. The van der Waals surface area contributed by atoms with Crippen LogP contribution in [0.4, 0.5) is 0 Å². The van der Waals surface area contributed by atoms with Crippen molar-refractivity contribution in [1.29, 1.82) is 0 Å². The highest BCUT2D eigenvalue weighted by Gasteiger charge is 2.42. The Morgan fingerprint density at radius 1 is 1.15 bits per heavy atom. The summed E-state index contributed by atoms with van der Waals surface area (Å²) in [6.45, 7) is 3.85. The van der Waals surface area contributed by atoms with Gasteiger partial charge in [0.25, 0.3) is 0 Å². The Balaban J connectivity index is 2.12. The van der Waals surface area contributed by atoms with Crippen LogP contribution in [-0.4, -0.2) is 38.7 Å². The van der Waals surface area contributed by atoms with Crippen LogP contribution in [0.5, 0.6) is 0 Å². The summed E-state index contributed by atoms with van der Waals surface area (Å²) in [6.07, 6.45) is 6.57. The van der Waals surface area contributed by atoms with Crippen LogP contribution in [0.15, 0.2) is 0 Å². The zero-order chi connectivity index (χ0) is 14.6. The van der Waals surface area contributed by atoms with Crippen molar-refractivity contribution in [2.75, 3.05) is 19.8 Å². The van der Waals surface area contributed by atoms with Crippen LogP contribution in [-0.2, 0) is 14.6 Å². The van der Waals surface area contributed by atoms with E-state index in [-0.39, 0.29) is 16.4 Å². The van der Waals surface area contributed by atoms with Gasteiger partial charge in [0.2, 0.25) is 0 Å². The second-order valence-corrected chi connectivity index (χ2v) is 8.85. The molecule has 118 valence electrons. The molecule has 4 nitrogen and oxygen atoms in total. The average Bonchev–Trinajstić information content (AvgIpc) is 2.48. The summed E-state index contributed by atoms with van der Waals surface area (Å²) >= 11 is 0. The van der Waals surface area contributed by atoms with Crippen molar-refractivity contribution in [3.63, 3.8) is 0 Å². The molecule has 2 fully saturated rings. The first kappa shape index (κ1) is 16.2. The minimum atomic E-state index is -3.06. The summed E-state index contributed by atoms with van der Waals surface area (Å²) in [5, 5.41) is -0.406. The summed E-state index contributed by atoms with van der Waals surface area (Å²) in [5.74, 6) is 0.735. The van der Waals surface area contributed by atoms with Crippen LogP contribution < -0.4 is 5.73 Å². The van der Waals surface area contributed by atoms with Gasteiger partial charge in [-0.15, -0.1) is 0 Å². The zero-order valence-electron chi connectivity index (χ0n) is 12.6. The summed E-state index contributed by atoms with van der Waals surface area (Å²) < 4.78 is 31.2. The van der Waals surface area contributed by atoms with E-state index in [0.717, 1.165) is 32.1 Å². The van der Waals surface area contributed by atoms with Gasteiger partial charge >= 0.3 is 0 Å². The van der Waals surface area contributed by atoms with Crippen molar-refractivity contribution in [3.05, 3.63) is 0 Å². The van der Waals surface area contributed by atoms with Gasteiger partial charge in [0, 0.05) is 13.2 Å². The van der Waals surface area contributed by atoms with Gasteiger partial charge in [0.15, 0.2) is 9.84 Å². The fourth-order valence-corrected chi connectivity index (χ4v) is 6.54. The highest BCUT2D eigenvalue weighted by atomic mass is 32.2. The van der Waals surface area contributed by atoms with Gasteiger partial charge in [-0.05, 0) is 44.1 Å². The second kappa shape index (κ2) is 7.23. The van der Waals surface area contributed by atoms with E-state index in [9.17, 15) is 8.42 Å². The van der Waals surface area contributed by atoms with Crippen LogP contribution in [0.3, 0.4) is 0 Å². The van der Waals surface area contributed by atoms with E-state index in [1.807, 2.05) is 0 Å². The van der Waals surface area contributed by atoms with Crippen molar-refractivity contribution in [1.82, 2.24) is 0 Å². The van der Waals surface area contributed by atoms with E-state index in [1.54, 1.807) is 0 Å². The molecule has 0 amide bonds. The third kappa shape index (κ3) is 3.55. The fourth-order valence-electron chi connectivity index (χ4n) is 3.87. The van der Waals surface area contributed by atoms with Crippen LogP contribution in [0, 0.1) is 11.8 Å². The molecule has 3 unspecified atom stereocenters. The lowest BCUT2D eigenvalue weighted by molar-refractivity contribution is 0.0977. The number of ether oxygens (including phenoxy) is 1. The summed E-state index contributed by atoms with van der Waals surface area (Å²) in [5.41, 5.74) is 5.85. The number of nitrogens with two attached hydrogens (primary N) is 1. The Morgan fingerprint density at radius 3 is 2.45 bits per heavy atom. The molecule has 5 heteroatoms. The quantitative estimate of drug-likeness (QED) is 0.844. The van der Waals surface area contributed by atoms with Crippen molar-refractivity contribution in [2.45, 2.75) is 62.4 Å². The maximum atomic E-state index is 12.9. The van der Waals surface area contributed by atoms with E-state index in [0.29, 0.717) is 38.5 Å². The number of sulfone groups is 1. The molecule has 0 aromatic heterocycles. The lowest BCUT2D eigenvalue weighted by atomic mass is 9.80. The van der Waals surface area contributed by atoms with Crippen molar-refractivity contribution >= 4 is 9.84 Å². The van der Waals surface area contributed by atoms with Gasteiger partial charge in [-0.1, -0.05) is 26.2 Å². The molecule has 1 aliphatic carbocycles. The topological polar surface area (TPSA) is 69.4 Å². The molecule has 20 heavy (non-hydrogen) atoms. The molecular formula is C15H29NO3S. The average molecular weight is 303 g/mol. The van der Waals surface area contributed by atoms with Crippen molar-refractivity contribution in [3.8, 4) is 0 Å². The maximum Gasteiger partial charge on any atom is 0.156 e. The van der Waals surface area contributed by atoms with Gasteiger partial charge in [-0.3, -0.25) is 0 Å². The van der Waals surface area contributed by atoms with E-state index in [2.05, 4.69) is 6.92 Å². The Hall–Kier alpha value is -0.130. The van der Waals surface area contributed by atoms with Crippen molar-refractivity contribution < 1.29 is 13.2 Å². The van der Waals surface area contributed by atoms with Crippen LogP contribution in [0.2, 0.25) is 0 Å². The third-order valence-electron chi connectivity index (χ3n) is 5.09. The minimum Gasteiger partial charge on any atom is -0.381 e. The molecule has 1 saturated heterocycles. The predicted molar refractivity (Wildman–Crippen MR) is 81.3 cm³/mol.